The van der Waals surface area contributed by atoms with E-state index in [4.69, 9.17) is 70.5 Å². The molecular formula is C28H18Cl4F2O7. The number of rotatable bonds is 8. The fourth-order valence-electron chi connectivity index (χ4n) is 3.19. The van der Waals surface area contributed by atoms with E-state index in [9.17, 15) is 18.4 Å². The van der Waals surface area contributed by atoms with Gasteiger partial charge in [-0.25, -0.2) is 13.6 Å². The highest BCUT2D eigenvalue weighted by Crippen LogP contribution is 2.38. The molecule has 7 nitrogen and oxygen atoms in total. The fourth-order valence-corrected chi connectivity index (χ4v) is 3.84. The average Bonchev–Trinajstić information content (AvgIpc) is 2.94. The highest BCUT2D eigenvalue weighted by molar-refractivity contribution is 6.42. The summed E-state index contributed by atoms with van der Waals surface area (Å²) in [5.74, 6) is -1.28. The molecule has 0 aliphatic rings. The number of hydrogen-bond acceptors (Lipinski definition) is 6. The first-order chi connectivity index (χ1) is 19.5. The first-order valence-corrected chi connectivity index (χ1v) is 12.7. The normalized spacial score (nSPS) is 10.2. The number of hydrogen-bond donors (Lipinski definition) is 1. The molecule has 4 rings (SSSR count). The Bertz CT molecular complexity index is 1600. The van der Waals surface area contributed by atoms with E-state index < -0.39 is 17.6 Å². The molecule has 4 aromatic rings. The van der Waals surface area contributed by atoms with E-state index in [1.54, 1.807) is 0 Å². The van der Waals surface area contributed by atoms with Crippen molar-refractivity contribution in [2.75, 3.05) is 14.2 Å². The van der Waals surface area contributed by atoms with Crippen molar-refractivity contribution in [3.05, 3.63) is 104 Å². The summed E-state index contributed by atoms with van der Waals surface area (Å²) in [5.41, 5.74) is 0.0570. The number of carbonyl (C=O) groups is 2. The Morgan fingerprint density at radius 3 is 1.56 bits per heavy atom. The summed E-state index contributed by atoms with van der Waals surface area (Å²) in [6, 6.07) is 12.6. The zero-order valence-electron chi connectivity index (χ0n) is 21.0. The van der Waals surface area contributed by atoms with Gasteiger partial charge in [0, 0.05) is 24.3 Å². The van der Waals surface area contributed by atoms with Crippen LogP contribution in [0.4, 0.5) is 8.78 Å². The van der Waals surface area contributed by atoms with E-state index in [2.05, 4.69) is 0 Å². The quantitative estimate of drug-likeness (QED) is 0.191. The summed E-state index contributed by atoms with van der Waals surface area (Å²) in [6.45, 7) is 0. The predicted molar refractivity (Wildman–Crippen MR) is 151 cm³/mol. The highest BCUT2D eigenvalue weighted by Gasteiger charge is 2.18. The molecule has 0 fully saturated rings. The molecule has 1 N–H and O–H groups in total. The Morgan fingerprint density at radius 1 is 0.659 bits per heavy atom. The summed E-state index contributed by atoms with van der Waals surface area (Å²) in [5, 5.41) is 9.87. The van der Waals surface area contributed by atoms with E-state index in [1.807, 2.05) is 0 Å². The van der Waals surface area contributed by atoms with Crippen LogP contribution in [0.15, 0.2) is 60.7 Å². The van der Waals surface area contributed by atoms with Gasteiger partial charge in [-0.2, -0.15) is 0 Å². The topological polar surface area (TPSA) is 91.3 Å². The van der Waals surface area contributed by atoms with Crippen molar-refractivity contribution in [1.82, 2.24) is 0 Å². The number of methoxy groups -OCH3 is 2. The first kappa shape index (κ1) is 31.8. The zero-order chi connectivity index (χ0) is 30.3. The minimum atomic E-state index is -1.23. The molecule has 41 heavy (non-hydrogen) atoms. The smallest absolute Gasteiger partial charge is 0.339 e. The van der Waals surface area contributed by atoms with Crippen LogP contribution in [-0.2, 0) is 0 Å². The molecule has 0 aromatic heterocycles. The Balaban J connectivity index is 0.000000226. The van der Waals surface area contributed by atoms with Crippen molar-refractivity contribution in [1.29, 1.82) is 0 Å². The molecule has 0 unspecified atom stereocenters. The Kier molecular flexibility index (Phi) is 11.0. The zero-order valence-corrected chi connectivity index (χ0v) is 24.0. The molecule has 0 atom stereocenters. The molecule has 0 saturated heterocycles. The number of benzene rings is 4. The number of aromatic carboxylic acids is 1. The lowest BCUT2D eigenvalue weighted by molar-refractivity contribution is 0.0694. The third-order valence-electron chi connectivity index (χ3n) is 5.12. The minimum absolute atomic E-state index is 0.0261. The third-order valence-corrected chi connectivity index (χ3v) is 6.57. The maximum Gasteiger partial charge on any atom is 0.339 e. The van der Waals surface area contributed by atoms with Gasteiger partial charge >= 0.3 is 5.97 Å². The fraction of sp³-hybridized carbons (Fsp3) is 0.0714. The standard InChI is InChI=1S/C14H9Cl2FO4.C14H9Cl2FO3/c1-20-13-4-7(17)2-3-11(13)21-12-6-10(16)9(15)5-8(12)14(18)19;1-19-14-5-9(17)2-3-12(14)20-13-6-11(16)10(15)4-8(13)7-18/h2-6H,1H3,(H,18,19);2-7H,1H3. The van der Waals surface area contributed by atoms with E-state index >= 15 is 0 Å². The minimum Gasteiger partial charge on any atom is -0.493 e. The number of carboxylic acid groups (broad SMARTS) is 1. The van der Waals surface area contributed by atoms with Gasteiger partial charge in [0.15, 0.2) is 29.3 Å². The second-order valence-corrected chi connectivity index (χ2v) is 9.41. The second kappa shape index (κ2) is 14.2. The van der Waals surface area contributed by atoms with Gasteiger partial charge in [0.1, 0.15) is 28.7 Å². The van der Waals surface area contributed by atoms with Gasteiger partial charge in [0.25, 0.3) is 0 Å². The van der Waals surface area contributed by atoms with Gasteiger partial charge < -0.3 is 24.1 Å². The lowest BCUT2D eigenvalue weighted by Crippen LogP contribution is -2.01. The number of carbonyl (C=O) groups excluding carboxylic acids is 1. The second-order valence-electron chi connectivity index (χ2n) is 7.78. The van der Waals surface area contributed by atoms with Crippen LogP contribution in [0.2, 0.25) is 20.1 Å². The van der Waals surface area contributed by atoms with Crippen molar-refractivity contribution in [3.63, 3.8) is 0 Å². The average molecular weight is 646 g/mol. The summed E-state index contributed by atoms with van der Waals surface area (Å²) in [6.07, 6.45) is 0.591. The molecule has 214 valence electrons. The van der Waals surface area contributed by atoms with E-state index in [0.29, 0.717) is 6.29 Å². The molecule has 13 heteroatoms. The molecule has 0 aliphatic carbocycles. The van der Waals surface area contributed by atoms with Crippen LogP contribution in [0.3, 0.4) is 0 Å². The predicted octanol–water partition coefficient (Wildman–Crippen LogP) is 9.38. The van der Waals surface area contributed by atoms with Crippen molar-refractivity contribution in [2.45, 2.75) is 0 Å². The van der Waals surface area contributed by atoms with Crippen LogP contribution < -0.4 is 18.9 Å². The van der Waals surface area contributed by atoms with Crippen LogP contribution >= 0.6 is 46.4 Å². The van der Waals surface area contributed by atoms with E-state index in [-0.39, 0.29) is 65.7 Å². The van der Waals surface area contributed by atoms with Crippen molar-refractivity contribution >= 4 is 58.7 Å². The number of halogens is 6. The molecule has 0 spiro atoms. The largest absolute Gasteiger partial charge is 0.493 e. The summed E-state index contributed by atoms with van der Waals surface area (Å²) in [4.78, 5) is 22.2. The van der Waals surface area contributed by atoms with Crippen LogP contribution in [-0.4, -0.2) is 31.6 Å². The van der Waals surface area contributed by atoms with Gasteiger partial charge in [-0.15, -0.1) is 0 Å². The Morgan fingerprint density at radius 2 is 1.10 bits per heavy atom. The summed E-state index contributed by atoms with van der Waals surface area (Å²) in [7, 11) is 2.73. The van der Waals surface area contributed by atoms with Crippen molar-refractivity contribution in [3.8, 4) is 34.5 Å². The monoisotopic (exact) mass is 644 g/mol. The molecule has 4 aromatic carbocycles. The van der Waals surface area contributed by atoms with E-state index in [1.165, 1.54) is 62.8 Å². The van der Waals surface area contributed by atoms with Crippen LogP contribution in [0.25, 0.3) is 0 Å². The first-order valence-electron chi connectivity index (χ1n) is 11.2. The molecule has 0 amide bonds. The Labute approximate surface area is 252 Å². The van der Waals surface area contributed by atoms with Gasteiger partial charge in [-0.3, -0.25) is 4.79 Å². The molecule has 0 bridgehead atoms. The van der Waals surface area contributed by atoms with Gasteiger partial charge in [0.2, 0.25) is 0 Å². The van der Waals surface area contributed by atoms with Crippen LogP contribution in [0.5, 0.6) is 34.5 Å². The highest BCUT2D eigenvalue weighted by atomic mass is 35.5. The van der Waals surface area contributed by atoms with E-state index in [0.717, 1.165) is 12.1 Å². The number of carboxylic acids is 1. The Hall–Kier alpha value is -3.76. The van der Waals surface area contributed by atoms with Crippen LogP contribution in [0, 0.1) is 11.6 Å². The van der Waals surface area contributed by atoms with Crippen molar-refractivity contribution in [2.24, 2.45) is 0 Å². The number of aldehydes is 1. The molecule has 0 saturated carbocycles. The van der Waals surface area contributed by atoms with Gasteiger partial charge in [-0.05, 0) is 36.4 Å². The SMILES string of the molecule is COc1cc(F)ccc1Oc1cc(Cl)c(Cl)cc1C(=O)O.COc1cc(F)ccc1Oc1cc(Cl)c(Cl)cc1C=O. The van der Waals surface area contributed by atoms with Gasteiger partial charge in [-0.1, -0.05) is 46.4 Å². The molecule has 0 radical (unpaired) electrons. The third kappa shape index (κ3) is 8.14. The van der Waals surface area contributed by atoms with Crippen molar-refractivity contribution < 1.29 is 42.4 Å². The van der Waals surface area contributed by atoms with Gasteiger partial charge in [0.05, 0.1) is 39.9 Å². The van der Waals surface area contributed by atoms with Crippen LogP contribution in [0.1, 0.15) is 20.7 Å². The maximum atomic E-state index is 13.1. The molecular weight excluding hydrogens is 628 g/mol. The number of ether oxygens (including phenoxy) is 4. The molecule has 0 heterocycles. The lowest BCUT2D eigenvalue weighted by atomic mass is 10.2. The maximum absolute atomic E-state index is 13.1. The summed E-state index contributed by atoms with van der Waals surface area (Å²) >= 11 is 23.4. The lowest BCUT2D eigenvalue weighted by Gasteiger charge is -2.13. The summed E-state index contributed by atoms with van der Waals surface area (Å²) < 4.78 is 47.2. The molecule has 0 aliphatic heterocycles.